The predicted molar refractivity (Wildman–Crippen MR) is 207 cm³/mol. The first kappa shape index (κ1) is 38.2. The van der Waals surface area contributed by atoms with E-state index < -0.39 is 11.9 Å². The van der Waals surface area contributed by atoms with Gasteiger partial charge >= 0.3 is 0 Å². The number of carbonyl (C=O) groups is 4. The molecule has 13 heteroatoms. The molecular formula is C42H47ClN6O6. The Balaban J connectivity index is 0.853. The van der Waals surface area contributed by atoms with Crippen LogP contribution in [-0.4, -0.2) is 90.9 Å². The third kappa shape index (κ3) is 7.48. The van der Waals surface area contributed by atoms with Crippen LogP contribution in [0.15, 0.2) is 60.7 Å². The number of ether oxygens (including phenoxy) is 2. The number of nitriles is 1. The van der Waals surface area contributed by atoms with Crippen molar-refractivity contribution >= 4 is 40.9 Å². The van der Waals surface area contributed by atoms with Crippen LogP contribution < -0.4 is 25.0 Å². The average Bonchev–Trinajstić information content (AvgIpc) is 3.50. The van der Waals surface area contributed by atoms with Crippen molar-refractivity contribution in [3.05, 3.63) is 87.9 Å². The minimum absolute atomic E-state index is 0.122. The zero-order valence-electron chi connectivity index (χ0n) is 31.7. The number of nitrogens with one attached hydrogen (secondary N) is 2. The fourth-order valence-electron chi connectivity index (χ4n) is 9.03. The third-order valence-electron chi connectivity index (χ3n) is 11.7. The van der Waals surface area contributed by atoms with E-state index in [4.69, 9.17) is 21.1 Å². The Bertz CT molecular complexity index is 2020. The molecule has 3 fully saturated rings. The van der Waals surface area contributed by atoms with E-state index in [9.17, 15) is 24.4 Å². The van der Waals surface area contributed by atoms with Crippen LogP contribution in [0, 0.1) is 22.2 Å². The molecule has 0 bridgehead atoms. The van der Waals surface area contributed by atoms with Crippen LogP contribution in [0.3, 0.4) is 0 Å². The number of hydrogen-bond donors (Lipinski definition) is 2. The maximum Gasteiger partial charge on any atom is 0.255 e. The van der Waals surface area contributed by atoms with Crippen LogP contribution in [0.2, 0.25) is 5.02 Å². The number of nitrogens with zero attached hydrogens (tertiary/aromatic N) is 4. The summed E-state index contributed by atoms with van der Waals surface area (Å²) in [5.41, 5.74) is 2.71. The Morgan fingerprint density at radius 3 is 2.40 bits per heavy atom. The lowest BCUT2D eigenvalue weighted by Gasteiger charge is -2.63. The maximum atomic E-state index is 13.4. The predicted octanol–water partition coefficient (Wildman–Crippen LogP) is 5.18. The standard InChI is InChI=1S/C42H47ClN6O6/c1-41(2)39(42(3,4)40(41)55-29-14-11-27(24-44)32(43)23-29)46-36(51)26-9-12-28(13-10-26)48-20-18-47(19-21-48)17-6-22-54-34-8-5-7-30-31(34)25-49(38(30)53)33-15-16-35(50)45-37(33)52/h5,7-14,23,33,39-40H,6,15-22,25H2,1-4H3,(H,46,51)(H,45,50,52). The highest BCUT2D eigenvalue weighted by molar-refractivity contribution is 6.31. The summed E-state index contributed by atoms with van der Waals surface area (Å²) in [5.74, 6) is 0.197. The van der Waals surface area contributed by atoms with Crippen molar-refractivity contribution < 1.29 is 28.7 Å². The van der Waals surface area contributed by atoms with Gasteiger partial charge in [-0.1, -0.05) is 45.4 Å². The SMILES string of the molecule is CC1(C)C(NC(=O)c2ccc(N3CCN(CCCOc4cccc5c4CN(C4CCC(=O)NC4=O)C5=O)CC3)cc2)C(C)(C)C1Oc1ccc(C#N)c(Cl)c1. The number of anilines is 1. The molecule has 1 atom stereocenters. The lowest BCUT2D eigenvalue weighted by Crippen LogP contribution is -2.74. The third-order valence-corrected chi connectivity index (χ3v) is 12.0. The van der Waals surface area contributed by atoms with Gasteiger partial charge in [0.15, 0.2) is 0 Å². The van der Waals surface area contributed by atoms with E-state index >= 15 is 0 Å². The Morgan fingerprint density at radius 1 is 1.00 bits per heavy atom. The van der Waals surface area contributed by atoms with Crippen molar-refractivity contribution in [2.45, 2.75) is 71.7 Å². The van der Waals surface area contributed by atoms with Crippen molar-refractivity contribution in [3.8, 4) is 17.6 Å². The number of piperazine rings is 1. The zero-order chi connectivity index (χ0) is 39.1. The van der Waals surface area contributed by atoms with E-state index in [1.165, 1.54) is 0 Å². The first-order valence-corrected chi connectivity index (χ1v) is 19.3. The maximum absolute atomic E-state index is 13.4. The number of carbonyl (C=O) groups excluding carboxylic acids is 4. The molecule has 288 valence electrons. The van der Waals surface area contributed by atoms with E-state index in [1.54, 1.807) is 35.2 Å². The number of halogens is 1. The van der Waals surface area contributed by atoms with E-state index in [1.807, 2.05) is 30.3 Å². The Hall–Kier alpha value is -5.12. The molecular weight excluding hydrogens is 720 g/mol. The molecule has 3 aliphatic heterocycles. The van der Waals surface area contributed by atoms with Gasteiger partial charge in [0.05, 0.1) is 23.7 Å². The molecule has 1 aliphatic carbocycles. The van der Waals surface area contributed by atoms with E-state index in [-0.39, 0.29) is 53.7 Å². The topological polar surface area (TPSA) is 144 Å². The van der Waals surface area contributed by atoms with Crippen LogP contribution in [-0.2, 0) is 16.1 Å². The summed E-state index contributed by atoms with van der Waals surface area (Å²) < 4.78 is 12.5. The van der Waals surface area contributed by atoms with Crippen molar-refractivity contribution in [3.63, 3.8) is 0 Å². The van der Waals surface area contributed by atoms with E-state index in [0.717, 1.165) is 50.4 Å². The Labute approximate surface area is 326 Å². The van der Waals surface area contributed by atoms with Gasteiger partial charge in [0.2, 0.25) is 11.8 Å². The number of benzene rings is 3. The second-order valence-corrected chi connectivity index (χ2v) is 16.5. The quantitative estimate of drug-likeness (QED) is 0.200. The molecule has 0 radical (unpaired) electrons. The molecule has 55 heavy (non-hydrogen) atoms. The summed E-state index contributed by atoms with van der Waals surface area (Å²) in [6.07, 6.45) is 1.19. The highest BCUT2D eigenvalue weighted by Gasteiger charge is 2.64. The minimum Gasteiger partial charge on any atom is -0.493 e. The summed E-state index contributed by atoms with van der Waals surface area (Å²) in [4.78, 5) is 56.9. The molecule has 12 nitrogen and oxygen atoms in total. The van der Waals surface area contributed by atoms with Crippen molar-refractivity contribution in [1.29, 1.82) is 5.26 Å². The molecule has 3 aromatic carbocycles. The molecule has 1 unspecified atom stereocenters. The molecule has 3 aromatic rings. The van der Waals surface area contributed by atoms with Gasteiger partial charge in [-0.05, 0) is 61.4 Å². The second-order valence-electron chi connectivity index (χ2n) is 16.1. The normalized spacial score (nSPS) is 23.0. The number of imide groups is 1. The number of rotatable bonds is 11. The highest BCUT2D eigenvalue weighted by atomic mass is 35.5. The number of amides is 4. The summed E-state index contributed by atoms with van der Waals surface area (Å²) in [5, 5.41) is 15.2. The largest absolute Gasteiger partial charge is 0.493 e. The summed E-state index contributed by atoms with van der Waals surface area (Å²) in [7, 11) is 0. The molecule has 0 spiro atoms. The van der Waals surface area contributed by atoms with Crippen LogP contribution in [0.25, 0.3) is 0 Å². The van der Waals surface area contributed by atoms with Gasteiger partial charge in [-0.25, -0.2) is 0 Å². The van der Waals surface area contributed by atoms with Gasteiger partial charge in [-0.15, -0.1) is 0 Å². The van der Waals surface area contributed by atoms with E-state index in [0.29, 0.717) is 46.2 Å². The number of piperidine rings is 1. The van der Waals surface area contributed by atoms with Gasteiger partial charge in [-0.2, -0.15) is 5.26 Å². The highest BCUT2D eigenvalue weighted by Crippen LogP contribution is 2.55. The lowest BCUT2D eigenvalue weighted by atomic mass is 9.49. The second kappa shape index (κ2) is 15.2. The van der Waals surface area contributed by atoms with Gasteiger partial charge in [0, 0.05) is 84.5 Å². The fraction of sp³-hybridized carbons (Fsp3) is 0.452. The van der Waals surface area contributed by atoms with Crippen molar-refractivity contribution in [2.24, 2.45) is 10.8 Å². The molecule has 4 amide bonds. The molecule has 3 heterocycles. The summed E-state index contributed by atoms with van der Waals surface area (Å²) in [6.45, 7) is 13.6. The molecule has 7 rings (SSSR count). The van der Waals surface area contributed by atoms with Crippen LogP contribution >= 0.6 is 11.6 Å². The van der Waals surface area contributed by atoms with Crippen LogP contribution in [0.4, 0.5) is 5.69 Å². The van der Waals surface area contributed by atoms with Gasteiger partial charge in [0.25, 0.3) is 11.8 Å². The average molecular weight is 767 g/mol. The molecule has 0 aromatic heterocycles. The zero-order valence-corrected chi connectivity index (χ0v) is 32.4. The summed E-state index contributed by atoms with van der Waals surface area (Å²) in [6, 6.07) is 19.6. The Kier molecular flexibility index (Phi) is 10.5. The van der Waals surface area contributed by atoms with Gasteiger partial charge in [-0.3, -0.25) is 29.4 Å². The molecule has 2 N–H and O–H groups in total. The smallest absolute Gasteiger partial charge is 0.255 e. The first-order chi connectivity index (χ1) is 26.3. The monoisotopic (exact) mass is 766 g/mol. The molecule has 4 aliphatic rings. The Morgan fingerprint density at radius 2 is 1.73 bits per heavy atom. The molecule has 1 saturated carbocycles. The summed E-state index contributed by atoms with van der Waals surface area (Å²) >= 11 is 6.24. The first-order valence-electron chi connectivity index (χ1n) is 18.9. The van der Waals surface area contributed by atoms with Crippen LogP contribution in [0.5, 0.6) is 11.5 Å². The van der Waals surface area contributed by atoms with E-state index in [2.05, 4.69) is 54.2 Å². The fourth-order valence-corrected chi connectivity index (χ4v) is 9.24. The van der Waals surface area contributed by atoms with Gasteiger partial charge in [0.1, 0.15) is 29.7 Å². The van der Waals surface area contributed by atoms with Gasteiger partial charge < -0.3 is 24.6 Å². The van der Waals surface area contributed by atoms with Crippen LogP contribution in [0.1, 0.15) is 78.8 Å². The number of fused-ring (bicyclic) bond motifs is 1. The minimum atomic E-state index is -0.655. The molecule has 2 saturated heterocycles. The lowest BCUT2D eigenvalue weighted by molar-refractivity contribution is -0.164. The van der Waals surface area contributed by atoms with Crippen molar-refractivity contribution in [2.75, 3.05) is 44.2 Å². The number of hydrogen-bond acceptors (Lipinski definition) is 9. The van der Waals surface area contributed by atoms with Crippen molar-refractivity contribution in [1.82, 2.24) is 20.4 Å².